The van der Waals surface area contributed by atoms with Crippen molar-refractivity contribution >= 4 is 15.9 Å². The highest BCUT2D eigenvalue weighted by Crippen LogP contribution is 2.36. The zero-order valence-electron chi connectivity index (χ0n) is 21.3. The van der Waals surface area contributed by atoms with E-state index in [-0.39, 0.29) is 17.9 Å². The van der Waals surface area contributed by atoms with Crippen molar-refractivity contribution in [3.63, 3.8) is 0 Å². The van der Waals surface area contributed by atoms with Crippen LogP contribution >= 0.6 is 0 Å². The summed E-state index contributed by atoms with van der Waals surface area (Å²) in [5.74, 6) is 0.231. The van der Waals surface area contributed by atoms with E-state index in [1.807, 2.05) is 32.0 Å². The fourth-order valence-electron chi connectivity index (χ4n) is 4.82. The fraction of sp³-hybridized carbons (Fsp3) is 0.407. The van der Waals surface area contributed by atoms with E-state index in [1.165, 1.54) is 0 Å². The second-order valence-corrected chi connectivity index (χ2v) is 11.6. The maximum atomic E-state index is 12.8. The molecular formula is C27H29N5O5S. The zero-order chi connectivity index (χ0) is 26.9. The number of hydrogen-bond acceptors (Lipinski definition) is 8. The molecule has 0 bridgehead atoms. The Balaban J connectivity index is 1.39. The summed E-state index contributed by atoms with van der Waals surface area (Å²) < 4.78 is 39.5. The first kappa shape index (κ1) is 25.9. The van der Waals surface area contributed by atoms with E-state index >= 15 is 0 Å². The number of hydrogen-bond donors (Lipinski definition) is 1. The van der Waals surface area contributed by atoms with Crippen LogP contribution in [0.2, 0.25) is 0 Å². The van der Waals surface area contributed by atoms with Crippen LogP contribution in [-0.4, -0.2) is 54.3 Å². The van der Waals surface area contributed by atoms with Gasteiger partial charge in [-0.05, 0) is 68.9 Å². The quantitative estimate of drug-likeness (QED) is 0.462. The van der Waals surface area contributed by atoms with Gasteiger partial charge < -0.3 is 14.2 Å². The topological polar surface area (TPSA) is 138 Å². The first-order chi connectivity index (χ1) is 18.2. The van der Waals surface area contributed by atoms with Gasteiger partial charge in [-0.3, -0.25) is 4.79 Å². The lowest BCUT2D eigenvalue weighted by Gasteiger charge is -2.31. The molecular weight excluding hydrogens is 506 g/mol. The molecule has 3 aromatic rings. The van der Waals surface area contributed by atoms with Gasteiger partial charge in [0.25, 0.3) is 5.89 Å². The number of likely N-dealkylation sites (tertiary alicyclic amines) is 1. The molecule has 198 valence electrons. The Morgan fingerprint density at radius 1 is 1.26 bits per heavy atom. The summed E-state index contributed by atoms with van der Waals surface area (Å²) in [6, 6.07) is 12.5. The van der Waals surface area contributed by atoms with Gasteiger partial charge in [0, 0.05) is 30.3 Å². The van der Waals surface area contributed by atoms with Crippen LogP contribution in [0.25, 0.3) is 22.8 Å². The van der Waals surface area contributed by atoms with Gasteiger partial charge in [-0.15, -0.1) is 0 Å². The fourth-order valence-corrected chi connectivity index (χ4v) is 6.08. The van der Waals surface area contributed by atoms with E-state index in [2.05, 4.69) is 20.9 Å². The van der Waals surface area contributed by atoms with Crippen molar-refractivity contribution in [2.45, 2.75) is 51.7 Å². The number of benzene rings is 2. The van der Waals surface area contributed by atoms with Crippen LogP contribution < -0.4 is 9.46 Å². The molecule has 2 aliphatic rings. The maximum absolute atomic E-state index is 12.8. The van der Waals surface area contributed by atoms with Crippen molar-refractivity contribution in [1.82, 2.24) is 19.8 Å². The third-order valence-corrected chi connectivity index (χ3v) is 8.00. The minimum absolute atomic E-state index is 0.0680. The molecule has 2 aromatic carbocycles. The Morgan fingerprint density at radius 2 is 2.08 bits per heavy atom. The summed E-state index contributed by atoms with van der Waals surface area (Å²) in [6.45, 7) is 5.01. The third-order valence-electron chi connectivity index (χ3n) is 6.73. The summed E-state index contributed by atoms with van der Waals surface area (Å²) in [5.41, 5.74) is 3.53. The number of ether oxygens (including phenoxy) is 1. The Bertz CT molecular complexity index is 1500. The van der Waals surface area contributed by atoms with Crippen LogP contribution in [0.1, 0.15) is 55.8 Å². The highest BCUT2D eigenvalue weighted by Gasteiger charge is 2.31. The van der Waals surface area contributed by atoms with Crippen LogP contribution in [0.5, 0.6) is 5.75 Å². The number of nitriles is 1. The third kappa shape index (κ3) is 5.42. The van der Waals surface area contributed by atoms with Crippen molar-refractivity contribution in [1.29, 1.82) is 5.26 Å². The molecule has 5 rings (SSSR count). The average Bonchev–Trinajstić information content (AvgIpc) is 3.32. The number of nitrogens with zero attached hydrogens (tertiary/aromatic N) is 4. The summed E-state index contributed by atoms with van der Waals surface area (Å²) in [6.07, 6.45) is 2.98. The van der Waals surface area contributed by atoms with E-state index in [0.29, 0.717) is 42.2 Å². The van der Waals surface area contributed by atoms with Crippen molar-refractivity contribution in [3.8, 4) is 34.7 Å². The molecule has 1 aliphatic carbocycles. The molecule has 0 saturated carbocycles. The maximum Gasteiger partial charge on any atom is 0.258 e. The van der Waals surface area contributed by atoms with Gasteiger partial charge in [0.05, 0.1) is 11.7 Å². The Labute approximate surface area is 221 Å². The second kappa shape index (κ2) is 10.6. The predicted octanol–water partition coefficient (Wildman–Crippen LogP) is 3.59. The molecule has 1 atom stereocenters. The number of rotatable bonds is 8. The van der Waals surface area contributed by atoms with Crippen molar-refractivity contribution < 1.29 is 22.5 Å². The molecule has 38 heavy (non-hydrogen) atoms. The Kier molecular flexibility index (Phi) is 7.19. The molecule has 0 radical (unpaired) electrons. The van der Waals surface area contributed by atoms with Gasteiger partial charge in [0.15, 0.2) is 0 Å². The van der Waals surface area contributed by atoms with Gasteiger partial charge in [0.1, 0.15) is 17.6 Å². The van der Waals surface area contributed by atoms with Crippen LogP contribution in [0, 0.1) is 11.3 Å². The molecule has 2 heterocycles. The van der Waals surface area contributed by atoms with Crippen molar-refractivity contribution in [3.05, 3.63) is 53.1 Å². The Morgan fingerprint density at radius 3 is 2.79 bits per heavy atom. The molecule has 0 spiro atoms. The average molecular weight is 536 g/mol. The summed E-state index contributed by atoms with van der Waals surface area (Å²) in [5, 5.41) is 13.7. The van der Waals surface area contributed by atoms with E-state index in [0.717, 1.165) is 36.0 Å². The number of nitrogens with one attached hydrogen (secondary N) is 1. The van der Waals surface area contributed by atoms with Crippen LogP contribution in [0.4, 0.5) is 0 Å². The van der Waals surface area contributed by atoms with Crippen LogP contribution in [0.15, 0.2) is 40.9 Å². The largest absolute Gasteiger partial charge is 0.490 e. The zero-order valence-corrected chi connectivity index (χ0v) is 22.1. The first-order valence-electron chi connectivity index (χ1n) is 12.7. The summed E-state index contributed by atoms with van der Waals surface area (Å²) in [4.78, 5) is 18.4. The van der Waals surface area contributed by atoms with Gasteiger partial charge in [-0.2, -0.15) is 10.2 Å². The van der Waals surface area contributed by atoms with E-state index in [9.17, 15) is 18.5 Å². The number of sulfonamides is 1. The highest BCUT2D eigenvalue weighted by molar-refractivity contribution is 7.90. The summed E-state index contributed by atoms with van der Waals surface area (Å²) >= 11 is 0. The highest BCUT2D eigenvalue weighted by atomic mass is 32.2. The smallest absolute Gasteiger partial charge is 0.258 e. The van der Waals surface area contributed by atoms with E-state index < -0.39 is 21.8 Å². The minimum Gasteiger partial charge on any atom is -0.490 e. The van der Waals surface area contributed by atoms with Crippen LogP contribution in [0.3, 0.4) is 0 Å². The van der Waals surface area contributed by atoms with Crippen LogP contribution in [-0.2, 0) is 21.2 Å². The normalized spacial score (nSPS) is 17.0. The molecule has 1 amide bonds. The SMILES string of the molecule is CC(C)Oc1ccc(-c2nc(-c3cccc4c3CCC[C@@H]4NS(=O)(=O)CC(=O)N3CCC3)no2)cc1C#N. The number of carbonyl (C=O) groups excluding carboxylic acids is 1. The summed E-state index contributed by atoms with van der Waals surface area (Å²) in [7, 11) is -3.80. The minimum atomic E-state index is -3.80. The second-order valence-electron chi connectivity index (χ2n) is 9.84. The molecule has 1 N–H and O–H groups in total. The van der Waals surface area contributed by atoms with Gasteiger partial charge in [0.2, 0.25) is 21.8 Å². The van der Waals surface area contributed by atoms with Crippen molar-refractivity contribution in [2.24, 2.45) is 0 Å². The number of aromatic nitrogens is 2. The monoisotopic (exact) mass is 535 g/mol. The lowest BCUT2D eigenvalue weighted by atomic mass is 9.85. The molecule has 1 fully saturated rings. The Hall–Kier alpha value is -3.75. The molecule has 1 aliphatic heterocycles. The molecule has 0 unspecified atom stereocenters. The molecule has 10 nitrogen and oxygen atoms in total. The number of fused-ring (bicyclic) bond motifs is 1. The predicted molar refractivity (Wildman–Crippen MR) is 139 cm³/mol. The standard InChI is InChI=1S/C27H29N5O5S/c1-17(2)36-24-11-10-18(14-19(24)15-28)27-29-26(30-37-27)22-8-3-7-21-20(22)6-4-9-23(21)31-38(34,35)16-25(33)32-12-5-13-32/h3,7-8,10-11,14,17,23,31H,4-6,9,12-13,16H2,1-2H3/t23-/m0/s1. The first-order valence-corrected chi connectivity index (χ1v) is 14.3. The van der Waals surface area contributed by atoms with E-state index in [1.54, 1.807) is 23.1 Å². The lowest BCUT2D eigenvalue weighted by molar-refractivity contribution is -0.131. The van der Waals surface area contributed by atoms with Gasteiger partial charge >= 0.3 is 0 Å². The molecule has 1 saturated heterocycles. The van der Waals surface area contributed by atoms with Gasteiger partial charge in [-0.25, -0.2) is 13.1 Å². The number of carbonyl (C=O) groups is 1. The number of amides is 1. The van der Waals surface area contributed by atoms with Gasteiger partial charge in [-0.1, -0.05) is 23.4 Å². The van der Waals surface area contributed by atoms with E-state index in [4.69, 9.17) is 9.26 Å². The lowest BCUT2D eigenvalue weighted by Crippen LogP contribution is -2.47. The molecule has 11 heteroatoms. The molecule has 1 aromatic heterocycles. The van der Waals surface area contributed by atoms with Crippen molar-refractivity contribution in [2.75, 3.05) is 18.8 Å².